The molecular formula is C18H22. The third-order valence-electron chi connectivity index (χ3n) is 3.65. The van der Waals surface area contributed by atoms with Crippen LogP contribution in [-0.4, -0.2) is 0 Å². The van der Waals surface area contributed by atoms with Crippen LogP contribution < -0.4 is 0 Å². The molecule has 94 valence electrons. The Morgan fingerprint density at radius 1 is 0.889 bits per heavy atom. The molecule has 0 spiro atoms. The lowest BCUT2D eigenvalue weighted by atomic mass is 9.88. The summed E-state index contributed by atoms with van der Waals surface area (Å²) in [6.07, 6.45) is 2.49. The normalized spacial score (nSPS) is 12.4. The molecular weight excluding hydrogens is 216 g/mol. The molecule has 0 amide bonds. The van der Waals surface area contributed by atoms with Crippen molar-refractivity contribution in [3.05, 3.63) is 59.7 Å². The summed E-state index contributed by atoms with van der Waals surface area (Å²) in [5.74, 6) is 0.630. The first kappa shape index (κ1) is 12.9. The van der Waals surface area contributed by atoms with Gasteiger partial charge in [0.2, 0.25) is 0 Å². The van der Waals surface area contributed by atoms with Gasteiger partial charge in [0, 0.05) is 0 Å². The van der Waals surface area contributed by atoms with Crippen molar-refractivity contribution in [1.82, 2.24) is 0 Å². The standard InChI is InChI=1S/C18H22/c1-4-9-14(2)16-12-7-8-13-18(16)17-11-6-5-10-15(17)3/h5-8,10-14H,4,9H2,1-3H3. The van der Waals surface area contributed by atoms with Crippen molar-refractivity contribution in [2.24, 2.45) is 0 Å². The summed E-state index contributed by atoms with van der Waals surface area (Å²) in [7, 11) is 0. The fraction of sp³-hybridized carbons (Fsp3) is 0.333. The monoisotopic (exact) mass is 238 g/mol. The fourth-order valence-corrected chi connectivity index (χ4v) is 2.64. The molecule has 2 aromatic carbocycles. The quantitative estimate of drug-likeness (QED) is 0.653. The maximum absolute atomic E-state index is 2.33. The second-order valence-electron chi connectivity index (χ2n) is 5.09. The van der Waals surface area contributed by atoms with Gasteiger partial charge >= 0.3 is 0 Å². The second kappa shape index (κ2) is 5.86. The van der Waals surface area contributed by atoms with Gasteiger partial charge in [-0.15, -0.1) is 0 Å². The van der Waals surface area contributed by atoms with Gasteiger partial charge in [0.25, 0.3) is 0 Å². The topological polar surface area (TPSA) is 0 Å². The minimum Gasteiger partial charge on any atom is -0.0654 e. The molecule has 2 aromatic rings. The van der Waals surface area contributed by atoms with Crippen molar-refractivity contribution in [1.29, 1.82) is 0 Å². The molecule has 0 fully saturated rings. The maximum Gasteiger partial charge on any atom is -0.0147 e. The maximum atomic E-state index is 2.33. The zero-order valence-electron chi connectivity index (χ0n) is 11.6. The van der Waals surface area contributed by atoms with Crippen LogP contribution in [0.4, 0.5) is 0 Å². The summed E-state index contributed by atoms with van der Waals surface area (Å²) in [5, 5.41) is 0. The molecule has 0 saturated carbocycles. The lowest BCUT2D eigenvalue weighted by molar-refractivity contribution is 0.666. The van der Waals surface area contributed by atoms with Crippen LogP contribution in [0.25, 0.3) is 11.1 Å². The van der Waals surface area contributed by atoms with Crippen LogP contribution in [0.2, 0.25) is 0 Å². The van der Waals surface area contributed by atoms with E-state index in [2.05, 4.69) is 69.3 Å². The third-order valence-corrected chi connectivity index (χ3v) is 3.65. The van der Waals surface area contributed by atoms with E-state index in [9.17, 15) is 0 Å². The van der Waals surface area contributed by atoms with E-state index in [0.29, 0.717) is 5.92 Å². The largest absolute Gasteiger partial charge is 0.0654 e. The van der Waals surface area contributed by atoms with Gasteiger partial charge in [0.05, 0.1) is 0 Å². The first-order chi connectivity index (χ1) is 8.74. The molecule has 1 atom stereocenters. The Bertz CT molecular complexity index is 511. The van der Waals surface area contributed by atoms with Crippen LogP contribution in [0.15, 0.2) is 48.5 Å². The Morgan fingerprint density at radius 3 is 2.17 bits per heavy atom. The molecule has 0 aliphatic heterocycles. The summed E-state index contributed by atoms with van der Waals surface area (Å²) in [6, 6.07) is 17.5. The molecule has 0 aliphatic carbocycles. The van der Waals surface area contributed by atoms with Crippen LogP contribution in [0, 0.1) is 6.92 Å². The van der Waals surface area contributed by atoms with E-state index in [4.69, 9.17) is 0 Å². The Labute approximate surface area is 111 Å². The molecule has 0 N–H and O–H groups in total. The molecule has 18 heavy (non-hydrogen) atoms. The first-order valence-electron chi connectivity index (χ1n) is 6.89. The van der Waals surface area contributed by atoms with E-state index in [1.165, 1.54) is 35.1 Å². The Kier molecular flexibility index (Phi) is 4.19. The summed E-state index contributed by atoms with van der Waals surface area (Å²) >= 11 is 0. The molecule has 1 unspecified atom stereocenters. The van der Waals surface area contributed by atoms with Crippen molar-refractivity contribution < 1.29 is 0 Å². The lowest BCUT2D eigenvalue weighted by Crippen LogP contribution is -1.97. The molecule has 0 bridgehead atoms. The minimum atomic E-state index is 0.630. The zero-order valence-corrected chi connectivity index (χ0v) is 11.6. The van der Waals surface area contributed by atoms with Crippen LogP contribution in [0.3, 0.4) is 0 Å². The van der Waals surface area contributed by atoms with E-state index in [0.717, 1.165) is 0 Å². The van der Waals surface area contributed by atoms with Gasteiger partial charge in [0.15, 0.2) is 0 Å². The summed E-state index contributed by atoms with van der Waals surface area (Å²) < 4.78 is 0. The number of rotatable bonds is 4. The van der Waals surface area contributed by atoms with Crippen LogP contribution >= 0.6 is 0 Å². The van der Waals surface area contributed by atoms with Gasteiger partial charge in [-0.25, -0.2) is 0 Å². The highest BCUT2D eigenvalue weighted by molar-refractivity contribution is 5.71. The number of hydrogen-bond donors (Lipinski definition) is 0. The average molecular weight is 238 g/mol. The molecule has 0 nitrogen and oxygen atoms in total. The number of hydrogen-bond acceptors (Lipinski definition) is 0. The summed E-state index contributed by atoms with van der Waals surface area (Å²) in [4.78, 5) is 0. The number of benzene rings is 2. The van der Waals surface area contributed by atoms with Crippen LogP contribution in [-0.2, 0) is 0 Å². The Balaban J connectivity index is 2.48. The van der Waals surface area contributed by atoms with E-state index in [1.54, 1.807) is 0 Å². The van der Waals surface area contributed by atoms with E-state index < -0.39 is 0 Å². The lowest BCUT2D eigenvalue weighted by Gasteiger charge is -2.17. The van der Waals surface area contributed by atoms with E-state index in [-0.39, 0.29) is 0 Å². The summed E-state index contributed by atoms with van der Waals surface area (Å²) in [6.45, 7) is 6.78. The van der Waals surface area contributed by atoms with Crippen molar-refractivity contribution in [3.63, 3.8) is 0 Å². The predicted molar refractivity (Wildman–Crippen MR) is 79.9 cm³/mol. The first-order valence-corrected chi connectivity index (χ1v) is 6.89. The van der Waals surface area contributed by atoms with Gasteiger partial charge in [-0.05, 0) is 41.5 Å². The highest BCUT2D eigenvalue weighted by Gasteiger charge is 2.11. The van der Waals surface area contributed by atoms with E-state index in [1.807, 2.05) is 0 Å². The molecule has 2 rings (SSSR count). The van der Waals surface area contributed by atoms with Crippen LogP contribution in [0.5, 0.6) is 0 Å². The van der Waals surface area contributed by atoms with Crippen molar-refractivity contribution >= 4 is 0 Å². The number of aryl methyl sites for hydroxylation is 1. The SMILES string of the molecule is CCCC(C)c1ccccc1-c1ccccc1C. The van der Waals surface area contributed by atoms with Crippen molar-refractivity contribution in [2.45, 2.75) is 39.5 Å². The van der Waals surface area contributed by atoms with Crippen molar-refractivity contribution in [2.75, 3.05) is 0 Å². The average Bonchev–Trinajstić information content (AvgIpc) is 2.40. The molecule has 0 heterocycles. The second-order valence-corrected chi connectivity index (χ2v) is 5.09. The highest BCUT2D eigenvalue weighted by Crippen LogP contribution is 2.32. The van der Waals surface area contributed by atoms with Gasteiger partial charge in [-0.2, -0.15) is 0 Å². The molecule has 0 aliphatic rings. The highest BCUT2D eigenvalue weighted by atomic mass is 14.2. The van der Waals surface area contributed by atoms with Gasteiger partial charge < -0.3 is 0 Å². The third kappa shape index (κ3) is 2.64. The molecule has 0 saturated heterocycles. The zero-order chi connectivity index (χ0) is 13.0. The fourth-order valence-electron chi connectivity index (χ4n) is 2.64. The van der Waals surface area contributed by atoms with Crippen molar-refractivity contribution in [3.8, 4) is 11.1 Å². The molecule has 0 radical (unpaired) electrons. The Hall–Kier alpha value is -1.56. The van der Waals surface area contributed by atoms with Gasteiger partial charge in [-0.1, -0.05) is 68.8 Å². The minimum absolute atomic E-state index is 0.630. The van der Waals surface area contributed by atoms with Gasteiger partial charge in [0.1, 0.15) is 0 Å². The Morgan fingerprint density at radius 2 is 1.50 bits per heavy atom. The molecule has 0 heteroatoms. The molecule has 0 aromatic heterocycles. The van der Waals surface area contributed by atoms with Crippen LogP contribution in [0.1, 0.15) is 43.7 Å². The predicted octanol–water partition coefficient (Wildman–Crippen LogP) is 5.57. The van der Waals surface area contributed by atoms with E-state index >= 15 is 0 Å². The summed E-state index contributed by atoms with van der Waals surface area (Å²) in [5.41, 5.74) is 5.61. The van der Waals surface area contributed by atoms with Gasteiger partial charge in [-0.3, -0.25) is 0 Å². The smallest absolute Gasteiger partial charge is 0.0147 e.